The highest BCUT2D eigenvalue weighted by atomic mass is 32.2. The van der Waals surface area contributed by atoms with Gasteiger partial charge in [0, 0.05) is 12.2 Å². The highest BCUT2D eigenvalue weighted by molar-refractivity contribution is 7.99. The van der Waals surface area contributed by atoms with Crippen molar-refractivity contribution in [3.63, 3.8) is 0 Å². The molecule has 0 atom stereocenters. The molecule has 1 aliphatic heterocycles. The van der Waals surface area contributed by atoms with Gasteiger partial charge in [0.15, 0.2) is 0 Å². The Bertz CT molecular complexity index is 394. The molecule has 1 aliphatic rings. The summed E-state index contributed by atoms with van der Waals surface area (Å²) in [7, 11) is 1.32. The lowest BCUT2D eigenvalue weighted by atomic mass is 10.1. The minimum atomic E-state index is -0.507. The minimum absolute atomic E-state index is 0.0997. The molecule has 0 saturated carbocycles. The molecule has 1 fully saturated rings. The smallest absolute Gasteiger partial charge is 0.376 e. The van der Waals surface area contributed by atoms with Crippen LogP contribution in [0.2, 0.25) is 0 Å². The van der Waals surface area contributed by atoms with E-state index in [2.05, 4.69) is 20.0 Å². The second-order valence-corrected chi connectivity index (χ2v) is 5.01. The second kappa shape index (κ2) is 5.86. The maximum absolute atomic E-state index is 11.3. The molecule has 0 aromatic carbocycles. The first-order chi connectivity index (χ1) is 8.29. The number of nitrogens with one attached hydrogen (secondary N) is 1. The van der Waals surface area contributed by atoms with Crippen LogP contribution < -0.4 is 5.32 Å². The fraction of sp³-hybridized carbons (Fsp3) is 0.545. The number of hydrogen-bond donors (Lipinski definition) is 1. The molecule has 6 heteroatoms. The number of anilines is 1. The highest BCUT2D eigenvalue weighted by Crippen LogP contribution is 2.19. The molecule has 1 aromatic heterocycles. The number of carbonyl (C=O) groups is 1. The fourth-order valence-electron chi connectivity index (χ4n) is 1.68. The van der Waals surface area contributed by atoms with E-state index in [1.165, 1.54) is 18.6 Å². The molecular weight excluding hydrogens is 238 g/mol. The van der Waals surface area contributed by atoms with Crippen LogP contribution >= 0.6 is 11.8 Å². The van der Waals surface area contributed by atoms with Crippen molar-refractivity contribution in [2.24, 2.45) is 0 Å². The molecule has 1 N–H and O–H groups in total. The molecule has 5 nitrogen and oxygen atoms in total. The van der Waals surface area contributed by atoms with Crippen LogP contribution in [0.1, 0.15) is 23.5 Å². The monoisotopic (exact) mass is 253 g/mol. The van der Waals surface area contributed by atoms with Gasteiger partial charge < -0.3 is 10.1 Å². The van der Waals surface area contributed by atoms with Crippen molar-refractivity contribution in [3.8, 4) is 0 Å². The van der Waals surface area contributed by atoms with Crippen molar-refractivity contribution in [2.75, 3.05) is 23.9 Å². The largest absolute Gasteiger partial charge is 0.463 e. The van der Waals surface area contributed by atoms with E-state index in [0.29, 0.717) is 11.9 Å². The zero-order valence-electron chi connectivity index (χ0n) is 9.68. The summed E-state index contributed by atoms with van der Waals surface area (Å²) in [6.07, 6.45) is 3.82. The summed E-state index contributed by atoms with van der Waals surface area (Å²) in [5, 5.41) is 3.33. The van der Waals surface area contributed by atoms with Crippen LogP contribution in [0.15, 0.2) is 12.3 Å². The number of hydrogen-bond acceptors (Lipinski definition) is 6. The zero-order chi connectivity index (χ0) is 12.1. The van der Waals surface area contributed by atoms with Crippen molar-refractivity contribution >= 4 is 23.5 Å². The van der Waals surface area contributed by atoms with Gasteiger partial charge in [-0.2, -0.15) is 11.8 Å². The van der Waals surface area contributed by atoms with Gasteiger partial charge in [0.05, 0.1) is 7.11 Å². The van der Waals surface area contributed by atoms with E-state index < -0.39 is 5.97 Å². The van der Waals surface area contributed by atoms with E-state index in [0.717, 1.165) is 12.8 Å². The average Bonchev–Trinajstić information content (AvgIpc) is 2.39. The van der Waals surface area contributed by atoms with Crippen molar-refractivity contribution in [2.45, 2.75) is 18.9 Å². The topological polar surface area (TPSA) is 64.1 Å². The summed E-state index contributed by atoms with van der Waals surface area (Å²) in [4.78, 5) is 19.3. The Hall–Kier alpha value is -1.30. The SMILES string of the molecule is COC(=O)c1nccc(NC2CCSCC2)n1. The quantitative estimate of drug-likeness (QED) is 0.825. The van der Waals surface area contributed by atoms with Crippen LogP contribution in [-0.2, 0) is 4.74 Å². The molecule has 92 valence electrons. The Balaban J connectivity index is 2.02. The van der Waals surface area contributed by atoms with Gasteiger partial charge in [-0.3, -0.25) is 0 Å². The summed E-state index contributed by atoms with van der Waals surface area (Å²) < 4.78 is 4.59. The van der Waals surface area contributed by atoms with Crippen LogP contribution in [0, 0.1) is 0 Å². The van der Waals surface area contributed by atoms with Crippen LogP contribution in [0.25, 0.3) is 0 Å². The van der Waals surface area contributed by atoms with E-state index in [1.807, 2.05) is 11.8 Å². The van der Waals surface area contributed by atoms with Crippen LogP contribution in [0.3, 0.4) is 0 Å². The molecule has 0 bridgehead atoms. The van der Waals surface area contributed by atoms with Gasteiger partial charge >= 0.3 is 5.97 Å². The maximum atomic E-state index is 11.3. The number of methoxy groups -OCH3 is 1. The third-order valence-electron chi connectivity index (χ3n) is 2.60. The second-order valence-electron chi connectivity index (χ2n) is 3.79. The molecule has 0 radical (unpaired) electrons. The number of esters is 1. The molecule has 1 saturated heterocycles. The van der Waals surface area contributed by atoms with E-state index >= 15 is 0 Å². The lowest BCUT2D eigenvalue weighted by molar-refractivity contribution is 0.0587. The summed E-state index contributed by atoms with van der Waals surface area (Å²) in [6.45, 7) is 0. The van der Waals surface area contributed by atoms with Gasteiger partial charge in [-0.1, -0.05) is 0 Å². The average molecular weight is 253 g/mol. The molecule has 17 heavy (non-hydrogen) atoms. The first kappa shape index (κ1) is 12.2. The molecule has 0 spiro atoms. The van der Waals surface area contributed by atoms with Gasteiger partial charge in [0.2, 0.25) is 5.82 Å². The predicted octanol–water partition coefficient (Wildman–Crippen LogP) is 1.57. The fourth-order valence-corrected chi connectivity index (χ4v) is 2.79. The maximum Gasteiger partial charge on any atom is 0.376 e. The Morgan fingerprint density at radius 3 is 3.00 bits per heavy atom. The molecule has 2 heterocycles. The van der Waals surface area contributed by atoms with Gasteiger partial charge in [0.1, 0.15) is 5.82 Å². The first-order valence-electron chi connectivity index (χ1n) is 5.55. The van der Waals surface area contributed by atoms with Crippen LogP contribution in [0.5, 0.6) is 0 Å². The molecule has 0 unspecified atom stereocenters. The number of carbonyl (C=O) groups excluding carboxylic acids is 1. The molecule has 2 rings (SSSR count). The summed E-state index contributed by atoms with van der Waals surface area (Å²) in [6, 6.07) is 2.21. The molecule has 1 aromatic rings. The zero-order valence-corrected chi connectivity index (χ0v) is 10.5. The third-order valence-corrected chi connectivity index (χ3v) is 3.65. The van der Waals surface area contributed by atoms with E-state index in [-0.39, 0.29) is 5.82 Å². The number of ether oxygens (including phenoxy) is 1. The Kier molecular flexibility index (Phi) is 4.19. The standard InChI is InChI=1S/C11H15N3O2S/c1-16-11(15)10-12-5-2-9(14-10)13-8-3-6-17-7-4-8/h2,5,8H,3-4,6-7H2,1H3,(H,12,13,14). The Morgan fingerprint density at radius 1 is 1.53 bits per heavy atom. The van der Waals surface area contributed by atoms with Gasteiger partial charge in [-0.15, -0.1) is 0 Å². The van der Waals surface area contributed by atoms with Gasteiger partial charge in [-0.25, -0.2) is 14.8 Å². The number of nitrogens with zero attached hydrogens (tertiary/aromatic N) is 2. The predicted molar refractivity (Wildman–Crippen MR) is 67.3 cm³/mol. The van der Waals surface area contributed by atoms with E-state index in [9.17, 15) is 4.79 Å². The van der Waals surface area contributed by atoms with E-state index in [1.54, 1.807) is 12.3 Å². The van der Waals surface area contributed by atoms with Crippen LogP contribution in [0.4, 0.5) is 5.82 Å². The minimum Gasteiger partial charge on any atom is -0.463 e. The summed E-state index contributed by atoms with van der Waals surface area (Å²) in [5.41, 5.74) is 0. The summed E-state index contributed by atoms with van der Waals surface area (Å²) >= 11 is 1.97. The molecule has 0 amide bonds. The summed E-state index contributed by atoms with van der Waals surface area (Å²) in [5.74, 6) is 2.63. The first-order valence-corrected chi connectivity index (χ1v) is 6.70. The third kappa shape index (κ3) is 3.33. The van der Waals surface area contributed by atoms with Crippen molar-refractivity contribution in [3.05, 3.63) is 18.1 Å². The van der Waals surface area contributed by atoms with Crippen LogP contribution in [-0.4, -0.2) is 40.6 Å². The molecule has 0 aliphatic carbocycles. The van der Waals surface area contributed by atoms with Crippen molar-refractivity contribution in [1.82, 2.24) is 9.97 Å². The van der Waals surface area contributed by atoms with Crippen molar-refractivity contribution < 1.29 is 9.53 Å². The van der Waals surface area contributed by atoms with Crippen molar-refractivity contribution in [1.29, 1.82) is 0 Å². The normalized spacial score (nSPS) is 16.5. The molecular formula is C11H15N3O2S. The van der Waals surface area contributed by atoms with Gasteiger partial charge in [-0.05, 0) is 30.4 Å². The lowest BCUT2D eigenvalue weighted by Gasteiger charge is -2.22. The Labute approximate surface area is 104 Å². The van der Waals surface area contributed by atoms with E-state index in [4.69, 9.17) is 0 Å². The lowest BCUT2D eigenvalue weighted by Crippen LogP contribution is -2.25. The Morgan fingerprint density at radius 2 is 2.29 bits per heavy atom. The highest BCUT2D eigenvalue weighted by Gasteiger charge is 2.15. The number of rotatable bonds is 3. The van der Waals surface area contributed by atoms with Gasteiger partial charge in [0.25, 0.3) is 0 Å². The number of aromatic nitrogens is 2. The number of thioether (sulfide) groups is 1.